The topological polar surface area (TPSA) is 85.9 Å². The van der Waals surface area contributed by atoms with Crippen molar-refractivity contribution in [2.45, 2.75) is 11.4 Å². The summed E-state index contributed by atoms with van der Waals surface area (Å²) in [6, 6.07) is 12.8. The zero-order valence-corrected chi connectivity index (χ0v) is 16.8. The van der Waals surface area contributed by atoms with Gasteiger partial charge in [-0.15, -0.1) is 11.8 Å². The zero-order valence-electron chi connectivity index (χ0n) is 15.3. The Morgan fingerprint density at radius 3 is 2.70 bits per heavy atom. The number of rotatable bonds is 9. The Morgan fingerprint density at radius 2 is 2.00 bits per heavy atom. The number of primary amides is 1. The third-order valence-corrected chi connectivity index (χ3v) is 5.06. The molecule has 8 heteroatoms. The zero-order chi connectivity index (χ0) is 19.8. The lowest BCUT2D eigenvalue weighted by atomic mass is 10.2. The van der Waals surface area contributed by atoms with Crippen LogP contribution in [0.15, 0.2) is 47.4 Å². The number of benzene rings is 2. The van der Waals surface area contributed by atoms with E-state index < -0.39 is 5.91 Å². The summed E-state index contributed by atoms with van der Waals surface area (Å²) in [4.78, 5) is 25.2. The standard InChI is InChI=1S/C19H22ClN3O3S/c1-23(10-13-9-14(20)7-8-16(13)26-2)11-19(25)22-15-5-3-4-6-17(15)27-12-18(21)24/h3-9H,10-12H2,1-2H3,(H2,21,24)(H,22,25)/p+1. The van der Waals surface area contributed by atoms with Gasteiger partial charge in [-0.25, -0.2) is 0 Å². The summed E-state index contributed by atoms with van der Waals surface area (Å²) < 4.78 is 5.35. The number of anilines is 1. The van der Waals surface area contributed by atoms with Gasteiger partial charge in [-0.05, 0) is 30.3 Å². The van der Waals surface area contributed by atoms with Crippen molar-refractivity contribution in [1.82, 2.24) is 0 Å². The van der Waals surface area contributed by atoms with Gasteiger partial charge in [0.2, 0.25) is 5.91 Å². The number of hydrogen-bond acceptors (Lipinski definition) is 4. The number of likely N-dealkylation sites (N-methyl/N-ethyl adjacent to an activating group) is 1. The van der Waals surface area contributed by atoms with Crippen LogP contribution in [-0.2, 0) is 16.1 Å². The molecule has 4 N–H and O–H groups in total. The molecule has 0 aliphatic rings. The fourth-order valence-corrected chi connectivity index (χ4v) is 3.53. The normalized spacial score (nSPS) is 11.7. The number of carbonyl (C=O) groups is 2. The lowest BCUT2D eigenvalue weighted by Gasteiger charge is -2.16. The van der Waals surface area contributed by atoms with E-state index in [1.165, 1.54) is 11.8 Å². The largest absolute Gasteiger partial charge is 0.496 e. The smallest absolute Gasteiger partial charge is 0.279 e. The molecule has 2 rings (SSSR count). The first-order valence-corrected chi connectivity index (χ1v) is 9.69. The maximum absolute atomic E-state index is 12.4. The van der Waals surface area contributed by atoms with Gasteiger partial charge in [0.15, 0.2) is 6.54 Å². The maximum Gasteiger partial charge on any atom is 0.279 e. The number of methoxy groups -OCH3 is 1. The SMILES string of the molecule is COc1ccc(Cl)cc1C[NH+](C)CC(=O)Nc1ccccc1SCC(N)=O. The summed E-state index contributed by atoms with van der Waals surface area (Å²) in [5, 5.41) is 3.53. The molecule has 0 saturated heterocycles. The number of halogens is 1. The lowest BCUT2D eigenvalue weighted by molar-refractivity contribution is -0.885. The van der Waals surface area contributed by atoms with Crippen molar-refractivity contribution in [3.8, 4) is 5.75 Å². The fourth-order valence-electron chi connectivity index (χ4n) is 2.59. The number of nitrogens with two attached hydrogens (primary N) is 1. The predicted molar refractivity (Wildman–Crippen MR) is 108 cm³/mol. The molecule has 144 valence electrons. The summed E-state index contributed by atoms with van der Waals surface area (Å²) in [5.74, 6) is 0.376. The second-order valence-electron chi connectivity index (χ2n) is 6.07. The molecule has 0 fully saturated rings. The maximum atomic E-state index is 12.4. The van der Waals surface area contributed by atoms with Crippen molar-refractivity contribution < 1.29 is 19.2 Å². The predicted octanol–water partition coefficient (Wildman–Crippen LogP) is 1.58. The summed E-state index contributed by atoms with van der Waals surface area (Å²) in [5.41, 5.74) is 6.80. The summed E-state index contributed by atoms with van der Waals surface area (Å²) >= 11 is 7.36. The number of amides is 2. The van der Waals surface area contributed by atoms with E-state index in [0.29, 0.717) is 17.3 Å². The van der Waals surface area contributed by atoms with Gasteiger partial charge >= 0.3 is 0 Å². The van der Waals surface area contributed by atoms with Gasteiger partial charge in [0, 0.05) is 15.5 Å². The summed E-state index contributed by atoms with van der Waals surface area (Å²) in [7, 11) is 3.53. The van der Waals surface area contributed by atoms with Crippen molar-refractivity contribution in [1.29, 1.82) is 0 Å². The van der Waals surface area contributed by atoms with Crippen LogP contribution in [0.1, 0.15) is 5.56 Å². The molecule has 2 aromatic rings. The lowest BCUT2D eigenvalue weighted by Crippen LogP contribution is -3.08. The summed E-state index contributed by atoms with van der Waals surface area (Å²) in [6.07, 6.45) is 0. The van der Waals surface area contributed by atoms with Gasteiger partial charge in [0.1, 0.15) is 12.3 Å². The van der Waals surface area contributed by atoms with E-state index in [1.54, 1.807) is 19.2 Å². The molecular formula is C19H23ClN3O3S+. The van der Waals surface area contributed by atoms with Crippen LogP contribution >= 0.6 is 23.4 Å². The van der Waals surface area contributed by atoms with E-state index in [1.807, 2.05) is 37.4 Å². The minimum atomic E-state index is -0.402. The average molecular weight is 409 g/mol. The van der Waals surface area contributed by atoms with Crippen molar-refractivity contribution >= 4 is 40.9 Å². The van der Waals surface area contributed by atoms with Crippen LogP contribution in [0.25, 0.3) is 0 Å². The number of ether oxygens (including phenoxy) is 1. The van der Waals surface area contributed by atoms with Crippen LogP contribution in [0.5, 0.6) is 5.75 Å². The van der Waals surface area contributed by atoms with Crippen molar-refractivity contribution in [3.05, 3.63) is 53.1 Å². The first-order valence-electron chi connectivity index (χ1n) is 8.32. The highest BCUT2D eigenvalue weighted by molar-refractivity contribution is 8.00. The van der Waals surface area contributed by atoms with Crippen molar-refractivity contribution in [2.24, 2.45) is 5.73 Å². The highest BCUT2D eigenvalue weighted by atomic mass is 35.5. The monoisotopic (exact) mass is 408 g/mol. The van der Waals surface area contributed by atoms with E-state index >= 15 is 0 Å². The Kier molecular flexibility index (Phi) is 7.97. The molecule has 27 heavy (non-hydrogen) atoms. The minimum absolute atomic E-state index is 0.124. The second kappa shape index (κ2) is 10.2. The molecular weight excluding hydrogens is 386 g/mol. The third-order valence-electron chi connectivity index (χ3n) is 3.73. The Hall–Kier alpha value is -2.22. The van der Waals surface area contributed by atoms with Crippen LogP contribution in [0, 0.1) is 0 Å². The fraction of sp³-hybridized carbons (Fsp3) is 0.263. The second-order valence-corrected chi connectivity index (χ2v) is 7.52. The van der Waals surface area contributed by atoms with E-state index in [0.717, 1.165) is 21.1 Å². The number of quaternary nitrogens is 1. The van der Waals surface area contributed by atoms with Crippen LogP contribution in [0.2, 0.25) is 5.02 Å². The molecule has 0 aromatic heterocycles. The molecule has 0 bridgehead atoms. The van der Waals surface area contributed by atoms with E-state index in [-0.39, 0.29) is 18.2 Å². The Labute approximate surface area is 168 Å². The van der Waals surface area contributed by atoms with Crippen LogP contribution < -0.4 is 20.7 Å². The van der Waals surface area contributed by atoms with E-state index in [2.05, 4.69) is 5.32 Å². The Morgan fingerprint density at radius 1 is 1.26 bits per heavy atom. The highest BCUT2D eigenvalue weighted by Gasteiger charge is 2.15. The van der Waals surface area contributed by atoms with Gasteiger partial charge in [0.05, 0.1) is 25.6 Å². The van der Waals surface area contributed by atoms with Gasteiger partial charge in [-0.2, -0.15) is 0 Å². The number of thioether (sulfide) groups is 1. The molecule has 1 unspecified atom stereocenters. The molecule has 0 spiro atoms. The number of carbonyl (C=O) groups excluding carboxylic acids is 2. The Balaban J connectivity index is 1.98. The molecule has 0 aliphatic heterocycles. The first kappa shape index (κ1) is 21.1. The average Bonchev–Trinajstić information content (AvgIpc) is 2.61. The Bertz CT molecular complexity index is 817. The van der Waals surface area contributed by atoms with E-state index in [9.17, 15) is 9.59 Å². The highest BCUT2D eigenvalue weighted by Crippen LogP contribution is 2.26. The van der Waals surface area contributed by atoms with Crippen LogP contribution in [0.4, 0.5) is 5.69 Å². The molecule has 6 nitrogen and oxygen atoms in total. The quantitative estimate of drug-likeness (QED) is 0.550. The van der Waals surface area contributed by atoms with Gasteiger partial charge in [-0.1, -0.05) is 23.7 Å². The number of hydrogen-bond donors (Lipinski definition) is 3. The molecule has 1 atom stereocenters. The summed E-state index contributed by atoms with van der Waals surface area (Å²) in [6.45, 7) is 0.861. The van der Waals surface area contributed by atoms with E-state index in [4.69, 9.17) is 22.1 Å². The molecule has 2 aromatic carbocycles. The van der Waals surface area contributed by atoms with Crippen LogP contribution in [-0.4, -0.2) is 38.3 Å². The van der Waals surface area contributed by atoms with Crippen molar-refractivity contribution in [3.63, 3.8) is 0 Å². The first-order chi connectivity index (χ1) is 12.9. The molecule has 0 aliphatic carbocycles. The molecule has 0 saturated carbocycles. The minimum Gasteiger partial charge on any atom is -0.496 e. The van der Waals surface area contributed by atoms with Gasteiger partial charge in [0.25, 0.3) is 5.91 Å². The van der Waals surface area contributed by atoms with Gasteiger partial charge in [-0.3, -0.25) is 9.59 Å². The van der Waals surface area contributed by atoms with Crippen molar-refractivity contribution in [2.75, 3.05) is 31.8 Å². The molecule has 0 heterocycles. The van der Waals surface area contributed by atoms with Gasteiger partial charge < -0.3 is 20.7 Å². The van der Waals surface area contributed by atoms with Crippen LogP contribution in [0.3, 0.4) is 0 Å². The molecule has 2 amide bonds. The molecule has 0 radical (unpaired) electrons. The third kappa shape index (κ3) is 6.78. The number of nitrogens with one attached hydrogen (secondary N) is 2. The number of para-hydroxylation sites is 1.